The number of fused-ring (bicyclic) bond motifs is 1. The maximum atomic E-state index is 13.0. The molecule has 0 bridgehead atoms. The van der Waals surface area contributed by atoms with Gasteiger partial charge in [-0.15, -0.1) is 12.4 Å². The fraction of sp³-hybridized carbons (Fsp3) is 0.364. The Kier molecular flexibility index (Phi) is 8.77. The molecule has 2 unspecified atom stereocenters. The monoisotopic (exact) mass is 435 g/mol. The minimum Gasteiger partial charge on any atom is -0.383 e. The van der Waals surface area contributed by atoms with E-state index in [4.69, 9.17) is 10.5 Å². The summed E-state index contributed by atoms with van der Waals surface area (Å²) < 4.78 is 18.0. The highest BCUT2D eigenvalue weighted by Gasteiger charge is 2.36. The van der Waals surface area contributed by atoms with E-state index in [1.165, 1.54) is 19.2 Å². The van der Waals surface area contributed by atoms with Crippen molar-refractivity contribution >= 4 is 24.2 Å². The summed E-state index contributed by atoms with van der Waals surface area (Å²) in [6, 6.07) is 12.5. The molecule has 8 heteroatoms. The maximum absolute atomic E-state index is 13.0. The normalized spacial score (nSPS) is 16.2. The zero-order valence-electron chi connectivity index (χ0n) is 16.8. The van der Waals surface area contributed by atoms with Gasteiger partial charge in [0.2, 0.25) is 11.8 Å². The molecule has 2 amide bonds. The Morgan fingerprint density at radius 3 is 2.53 bits per heavy atom. The van der Waals surface area contributed by atoms with E-state index in [2.05, 4.69) is 5.32 Å². The molecule has 0 aliphatic carbocycles. The van der Waals surface area contributed by atoms with Crippen LogP contribution in [0.3, 0.4) is 0 Å². The van der Waals surface area contributed by atoms with Crippen molar-refractivity contribution in [1.29, 1.82) is 0 Å². The number of amides is 2. The van der Waals surface area contributed by atoms with Gasteiger partial charge in [0.05, 0.1) is 6.61 Å². The summed E-state index contributed by atoms with van der Waals surface area (Å²) in [7, 11) is 1.48. The lowest BCUT2D eigenvalue weighted by atomic mass is 9.93. The van der Waals surface area contributed by atoms with Crippen LogP contribution in [0.5, 0.6) is 0 Å². The molecule has 1 aliphatic heterocycles. The van der Waals surface area contributed by atoms with Crippen LogP contribution < -0.4 is 11.1 Å². The molecule has 0 saturated carbocycles. The maximum Gasteiger partial charge on any atom is 0.243 e. The lowest BCUT2D eigenvalue weighted by Gasteiger charge is -2.37. The first-order valence-electron chi connectivity index (χ1n) is 9.63. The topological polar surface area (TPSA) is 84.7 Å². The summed E-state index contributed by atoms with van der Waals surface area (Å²) in [5, 5.41) is 2.90. The number of halogens is 2. The molecule has 3 N–H and O–H groups in total. The summed E-state index contributed by atoms with van der Waals surface area (Å²) in [5.41, 5.74) is 8.94. The van der Waals surface area contributed by atoms with Gasteiger partial charge in [-0.2, -0.15) is 0 Å². The molecular formula is C22H27ClFN3O3. The van der Waals surface area contributed by atoms with Gasteiger partial charge in [-0.05, 0) is 35.2 Å². The number of carbonyl (C=O) groups excluding carboxylic acids is 2. The van der Waals surface area contributed by atoms with Gasteiger partial charge in [-0.1, -0.05) is 36.4 Å². The molecule has 1 aliphatic rings. The molecule has 1 heterocycles. The number of methoxy groups -OCH3 is 1. The number of hydrogen-bond donors (Lipinski definition) is 2. The average molecular weight is 436 g/mol. The smallest absolute Gasteiger partial charge is 0.243 e. The first-order chi connectivity index (χ1) is 14.0. The third-order valence-electron chi connectivity index (χ3n) is 5.12. The molecule has 3 rings (SSSR count). The van der Waals surface area contributed by atoms with Gasteiger partial charge in [-0.3, -0.25) is 9.59 Å². The predicted octanol–water partition coefficient (Wildman–Crippen LogP) is 1.83. The average Bonchev–Trinajstić information content (AvgIpc) is 2.73. The first kappa shape index (κ1) is 23.8. The Morgan fingerprint density at radius 1 is 1.20 bits per heavy atom. The predicted molar refractivity (Wildman–Crippen MR) is 115 cm³/mol. The van der Waals surface area contributed by atoms with E-state index in [1.807, 2.05) is 24.3 Å². The third-order valence-corrected chi connectivity index (χ3v) is 5.12. The van der Waals surface area contributed by atoms with Crippen molar-refractivity contribution in [3.63, 3.8) is 0 Å². The molecule has 2 aromatic carbocycles. The van der Waals surface area contributed by atoms with Crippen molar-refractivity contribution in [3.8, 4) is 0 Å². The van der Waals surface area contributed by atoms with Gasteiger partial charge >= 0.3 is 0 Å². The van der Waals surface area contributed by atoms with Crippen LogP contribution in [0.15, 0.2) is 48.5 Å². The van der Waals surface area contributed by atoms with E-state index in [1.54, 1.807) is 17.0 Å². The lowest BCUT2D eigenvalue weighted by molar-refractivity contribution is -0.143. The molecule has 0 radical (unpaired) electrons. The molecule has 2 atom stereocenters. The number of nitrogens with one attached hydrogen (secondary N) is 1. The van der Waals surface area contributed by atoms with Crippen LogP contribution in [-0.2, 0) is 33.7 Å². The van der Waals surface area contributed by atoms with Crippen molar-refractivity contribution in [1.82, 2.24) is 10.2 Å². The molecular weight excluding hydrogens is 409 g/mol. The fourth-order valence-corrected chi connectivity index (χ4v) is 3.55. The number of ether oxygens (including phenoxy) is 1. The molecule has 0 fully saturated rings. The van der Waals surface area contributed by atoms with Crippen LogP contribution >= 0.6 is 12.4 Å². The van der Waals surface area contributed by atoms with E-state index >= 15 is 0 Å². The largest absolute Gasteiger partial charge is 0.383 e. The van der Waals surface area contributed by atoms with Gasteiger partial charge in [0.1, 0.15) is 17.9 Å². The number of hydrogen-bond acceptors (Lipinski definition) is 4. The zero-order chi connectivity index (χ0) is 20.8. The quantitative estimate of drug-likeness (QED) is 0.695. The fourth-order valence-electron chi connectivity index (χ4n) is 3.55. The molecule has 0 spiro atoms. The van der Waals surface area contributed by atoms with Crippen molar-refractivity contribution in [3.05, 3.63) is 71.0 Å². The first-order valence-corrected chi connectivity index (χ1v) is 9.63. The van der Waals surface area contributed by atoms with Gasteiger partial charge in [0, 0.05) is 26.6 Å². The van der Waals surface area contributed by atoms with E-state index in [0.29, 0.717) is 25.9 Å². The van der Waals surface area contributed by atoms with Crippen molar-refractivity contribution in [2.75, 3.05) is 20.3 Å². The summed E-state index contributed by atoms with van der Waals surface area (Å²) in [4.78, 5) is 27.3. The number of benzene rings is 2. The van der Waals surface area contributed by atoms with Gasteiger partial charge in [0.15, 0.2) is 0 Å². The molecule has 0 saturated heterocycles. The standard InChI is InChI=1S/C22H26FN3O3.ClH/c1-29-14-19(24)22(28)26-13-17-5-3-2-4-16(17)12-20(26)21(27)25-11-10-15-6-8-18(23)9-7-15;/h2-9,19-20H,10-14,24H2,1H3,(H,25,27);1H. The van der Waals surface area contributed by atoms with Gasteiger partial charge < -0.3 is 20.7 Å². The second-order valence-corrected chi connectivity index (χ2v) is 7.18. The Hall–Kier alpha value is -2.48. The number of nitrogens with zero attached hydrogens (tertiary/aromatic N) is 1. The summed E-state index contributed by atoms with van der Waals surface area (Å²) in [6.45, 7) is 0.827. The second-order valence-electron chi connectivity index (χ2n) is 7.18. The Balaban J connectivity index is 0.00000320. The van der Waals surface area contributed by atoms with E-state index in [-0.39, 0.29) is 36.6 Å². The Morgan fingerprint density at radius 2 is 1.87 bits per heavy atom. The molecule has 6 nitrogen and oxygen atoms in total. The minimum atomic E-state index is -0.820. The highest BCUT2D eigenvalue weighted by molar-refractivity contribution is 5.90. The van der Waals surface area contributed by atoms with Crippen LogP contribution in [0.25, 0.3) is 0 Å². The minimum absolute atomic E-state index is 0. The highest BCUT2D eigenvalue weighted by atomic mass is 35.5. The van der Waals surface area contributed by atoms with Crippen LogP contribution in [0.4, 0.5) is 4.39 Å². The molecule has 30 heavy (non-hydrogen) atoms. The van der Waals surface area contributed by atoms with E-state index in [0.717, 1.165) is 16.7 Å². The van der Waals surface area contributed by atoms with Crippen molar-refractivity contribution < 1.29 is 18.7 Å². The Bertz CT molecular complexity index is 863. The van der Waals surface area contributed by atoms with E-state index in [9.17, 15) is 14.0 Å². The van der Waals surface area contributed by atoms with E-state index < -0.39 is 12.1 Å². The second kappa shape index (κ2) is 11.1. The molecule has 0 aromatic heterocycles. The molecule has 2 aromatic rings. The van der Waals surface area contributed by atoms with Crippen LogP contribution in [0.1, 0.15) is 16.7 Å². The van der Waals surface area contributed by atoms with Crippen molar-refractivity contribution in [2.45, 2.75) is 31.5 Å². The summed E-state index contributed by atoms with van der Waals surface area (Å²) >= 11 is 0. The highest BCUT2D eigenvalue weighted by Crippen LogP contribution is 2.24. The Labute approximate surface area is 182 Å². The summed E-state index contributed by atoms with van der Waals surface area (Å²) in [6.07, 6.45) is 1.01. The SMILES string of the molecule is COCC(N)C(=O)N1Cc2ccccc2CC1C(=O)NCCc1ccc(F)cc1.Cl. The lowest BCUT2D eigenvalue weighted by Crippen LogP contribution is -2.57. The van der Waals surface area contributed by atoms with Gasteiger partial charge in [-0.25, -0.2) is 4.39 Å². The van der Waals surface area contributed by atoms with Gasteiger partial charge in [0.25, 0.3) is 0 Å². The van der Waals surface area contributed by atoms with Crippen LogP contribution in [0.2, 0.25) is 0 Å². The molecule has 162 valence electrons. The number of nitrogens with two attached hydrogens (primary N) is 1. The zero-order valence-corrected chi connectivity index (χ0v) is 17.7. The summed E-state index contributed by atoms with van der Waals surface area (Å²) in [5.74, 6) is -0.820. The van der Waals surface area contributed by atoms with Crippen molar-refractivity contribution in [2.24, 2.45) is 5.73 Å². The number of carbonyl (C=O) groups is 2. The third kappa shape index (κ3) is 5.78. The van der Waals surface area contributed by atoms with Crippen LogP contribution in [0, 0.1) is 5.82 Å². The van der Waals surface area contributed by atoms with Crippen LogP contribution in [-0.4, -0.2) is 49.1 Å². The number of rotatable bonds is 7.